The van der Waals surface area contributed by atoms with E-state index in [2.05, 4.69) is 4.98 Å². The summed E-state index contributed by atoms with van der Waals surface area (Å²) in [6.45, 7) is 2.35. The molecule has 0 bridgehead atoms. The number of hydrogen-bond acceptors (Lipinski definition) is 5. The van der Waals surface area contributed by atoms with Crippen molar-refractivity contribution in [2.45, 2.75) is 13.0 Å². The van der Waals surface area contributed by atoms with Crippen LogP contribution in [0.25, 0.3) is 5.76 Å². The lowest BCUT2D eigenvalue weighted by Gasteiger charge is -2.24. The van der Waals surface area contributed by atoms with Crippen molar-refractivity contribution in [2.75, 3.05) is 11.5 Å². The van der Waals surface area contributed by atoms with Crippen molar-refractivity contribution in [3.8, 4) is 5.75 Å². The lowest BCUT2D eigenvalue weighted by Crippen LogP contribution is -2.29. The van der Waals surface area contributed by atoms with Gasteiger partial charge in [-0.15, -0.1) is 0 Å². The molecule has 0 radical (unpaired) electrons. The normalized spacial score (nSPS) is 17.7. The number of carbonyl (C=O) groups excluding carboxylic acids is 2. The van der Waals surface area contributed by atoms with Gasteiger partial charge in [-0.25, -0.2) is 4.39 Å². The SMILES string of the molecule is CCOc1ccc(/C(O)=C2/C(=O)C(=O)N(c3ccc(F)cc3)C2c2ccccn2)cc1. The summed E-state index contributed by atoms with van der Waals surface area (Å²) in [7, 11) is 0. The zero-order valence-corrected chi connectivity index (χ0v) is 16.7. The van der Waals surface area contributed by atoms with Crippen LogP contribution in [-0.4, -0.2) is 28.4 Å². The molecule has 1 fully saturated rings. The zero-order chi connectivity index (χ0) is 22.0. The first-order valence-electron chi connectivity index (χ1n) is 9.72. The standard InChI is InChI=1S/C24H19FN2O4/c1-2-31-18-12-6-15(7-13-18)22(28)20-21(19-5-3-4-14-26-19)27(24(30)23(20)29)17-10-8-16(25)9-11-17/h3-14,21,28H,2H2,1H3/b22-20-. The highest BCUT2D eigenvalue weighted by Crippen LogP contribution is 2.41. The van der Waals surface area contributed by atoms with E-state index in [4.69, 9.17) is 4.74 Å². The number of amides is 1. The highest BCUT2D eigenvalue weighted by atomic mass is 19.1. The molecule has 1 aliphatic rings. The highest BCUT2D eigenvalue weighted by Gasteiger charge is 2.47. The molecule has 1 N–H and O–H groups in total. The maximum Gasteiger partial charge on any atom is 0.300 e. The predicted molar refractivity (Wildman–Crippen MR) is 113 cm³/mol. The van der Waals surface area contributed by atoms with Gasteiger partial charge in [-0.2, -0.15) is 0 Å². The number of carbonyl (C=O) groups is 2. The maximum absolute atomic E-state index is 13.4. The van der Waals surface area contributed by atoms with Gasteiger partial charge in [0.15, 0.2) is 0 Å². The first-order valence-corrected chi connectivity index (χ1v) is 9.72. The lowest BCUT2D eigenvalue weighted by molar-refractivity contribution is -0.132. The van der Waals surface area contributed by atoms with Crippen LogP contribution in [0.4, 0.5) is 10.1 Å². The molecule has 1 unspecified atom stereocenters. The van der Waals surface area contributed by atoms with Gasteiger partial charge in [-0.05, 0) is 67.6 Å². The quantitative estimate of drug-likeness (QED) is 0.381. The average molecular weight is 418 g/mol. The fourth-order valence-electron chi connectivity index (χ4n) is 3.55. The average Bonchev–Trinajstić information content (AvgIpc) is 3.06. The van der Waals surface area contributed by atoms with E-state index < -0.39 is 23.5 Å². The number of Topliss-reactive ketones (excluding diaryl/α,β-unsaturated/α-hetero) is 1. The van der Waals surface area contributed by atoms with Crippen molar-refractivity contribution < 1.29 is 23.8 Å². The second-order valence-electron chi connectivity index (χ2n) is 6.86. The van der Waals surface area contributed by atoms with E-state index in [1.165, 1.54) is 35.4 Å². The summed E-state index contributed by atoms with van der Waals surface area (Å²) in [5.74, 6) is -1.83. The molecular formula is C24H19FN2O4. The summed E-state index contributed by atoms with van der Waals surface area (Å²) < 4.78 is 18.9. The molecular weight excluding hydrogens is 399 g/mol. The van der Waals surface area contributed by atoms with E-state index in [0.29, 0.717) is 29.3 Å². The molecule has 0 aliphatic carbocycles. The summed E-state index contributed by atoms with van der Waals surface area (Å²) in [6, 6.07) is 15.9. The molecule has 2 aromatic carbocycles. The lowest BCUT2D eigenvalue weighted by atomic mass is 9.98. The number of ether oxygens (including phenoxy) is 1. The first kappa shape index (κ1) is 20.3. The highest BCUT2D eigenvalue weighted by molar-refractivity contribution is 6.51. The molecule has 1 aromatic heterocycles. The third-order valence-corrected chi connectivity index (χ3v) is 4.96. The molecule has 7 heteroatoms. The van der Waals surface area contributed by atoms with E-state index in [-0.39, 0.29) is 11.3 Å². The Balaban J connectivity index is 1.87. The van der Waals surface area contributed by atoms with E-state index in [1.54, 1.807) is 42.5 Å². The van der Waals surface area contributed by atoms with Crippen molar-refractivity contribution in [1.29, 1.82) is 0 Å². The Bertz CT molecular complexity index is 1140. The monoisotopic (exact) mass is 418 g/mol. The van der Waals surface area contributed by atoms with E-state index >= 15 is 0 Å². The zero-order valence-electron chi connectivity index (χ0n) is 16.7. The number of aromatic nitrogens is 1. The molecule has 4 rings (SSSR count). The van der Waals surface area contributed by atoms with Crippen molar-refractivity contribution in [3.05, 3.63) is 95.6 Å². The molecule has 0 spiro atoms. The molecule has 1 amide bonds. The number of rotatable bonds is 5. The molecule has 0 saturated carbocycles. The fourth-order valence-corrected chi connectivity index (χ4v) is 3.55. The Morgan fingerprint density at radius 3 is 2.39 bits per heavy atom. The Hall–Kier alpha value is -4.00. The van der Waals surface area contributed by atoms with Gasteiger partial charge in [0.25, 0.3) is 11.7 Å². The van der Waals surface area contributed by atoms with Crippen LogP contribution >= 0.6 is 0 Å². The van der Waals surface area contributed by atoms with E-state index in [0.717, 1.165) is 0 Å². The van der Waals surface area contributed by atoms with Gasteiger partial charge in [0, 0.05) is 17.4 Å². The van der Waals surface area contributed by atoms with Gasteiger partial charge in [-0.1, -0.05) is 6.07 Å². The molecule has 1 aliphatic heterocycles. The molecule has 2 heterocycles. The van der Waals surface area contributed by atoms with E-state index in [1.807, 2.05) is 6.92 Å². The van der Waals surface area contributed by atoms with Gasteiger partial charge >= 0.3 is 0 Å². The molecule has 1 saturated heterocycles. The topological polar surface area (TPSA) is 79.7 Å². The number of halogens is 1. The Labute approximate surface area is 178 Å². The maximum atomic E-state index is 13.4. The Kier molecular flexibility index (Phi) is 5.49. The summed E-state index contributed by atoms with van der Waals surface area (Å²) in [4.78, 5) is 31.5. The van der Waals surface area contributed by atoms with Gasteiger partial charge in [0.1, 0.15) is 23.4 Å². The molecule has 1 atom stereocenters. The van der Waals surface area contributed by atoms with Crippen LogP contribution in [0.2, 0.25) is 0 Å². The summed E-state index contributed by atoms with van der Waals surface area (Å²) in [5.41, 5.74) is 1.00. The minimum absolute atomic E-state index is 0.0859. The molecule has 6 nitrogen and oxygen atoms in total. The second-order valence-corrected chi connectivity index (χ2v) is 6.86. The van der Waals surface area contributed by atoms with Gasteiger partial charge in [0.05, 0.1) is 17.9 Å². The van der Waals surface area contributed by atoms with Crippen LogP contribution in [0.3, 0.4) is 0 Å². The van der Waals surface area contributed by atoms with E-state index in [9.17, 15) is 19.1 Å². The summed E-state index contributed by atoms with van der Waals surface area (Å²) >= 11 is 0. The molecule has 31 heavy (non-hydrogen) atoms. The van der Waals surface area contributed by atoms with Crippen LogP contribution < -0.4 is 9.64 Å². The Morgan fingerprint density at radius 1 is 1.06 bits per heavy atom. The number of ketones is 1. The van der Waals surface area contributed by atoms with Crippen molar-refractivity contribution in [1.82, 2.24) is 4.98 Å². The first-order chi connectivity index (χ1) is 15.0. The van der Waals surface area contributed by atoms with Crippen molar-refractivity contribution in [3.63, 3.8) is 0 Å². The summed E-state index contributed by atoms with van der Waals surface area (Å²) in [5, 5.41) is 11.0. The third-order valence-electron chi connectivity index (χ3n) is 4.96. The van der Waals surface area contributed by atoms with Crippen LogP contribution in [0.15, 0.2) is 78.5 Å². The number of anilines is 1. The third kappa shape index (κ3) is 3.77. The summed E-state index contributed by atoms with van der Waals surface area (Å²) in [6.07, 6.45) is 1.54. The van der Waals surface area contributed by atoms with Gasteiger partial charge in [0.2, 0.25) is 0 Å². The Morgan fingerprint density at radius 2 is 1.77 bits per heavy atom. The van der Waals surface area contributed by atoms with Crippen LogP contribution in [0.5, 0.6) is 5.75 Å². The molecule has 156 valence electrons. The minimum atomic E-state index is -0.960. The van der Waals surface area contributed by atoms with Crippen LogP contribution in [-0.2, 0) is 9.59 Å². The number of aliphatic hydroxyl groups excluding tert-OH is 1. The number of hydrogen-bond donors (Lipinski definition) is 1. The van der Waals surface area contributed by atoms with Gasteiger partial charge < -0.3 is 9.84 Å². The minimum Gasteiger partial charge on any atom is -0.507 e. The van der Waals surface area contributed by atoms with Crippen molar-refractivity contribution in [2.24, 2.45) is 0 Å². The fraction of sp³-hybridized carbons (Fsp3) is 0.125. The van der Waals surface area contributed by atoms with Crippen LogP contribution in [0, 0.1) is 5.82 Å². The second kappa shape index (κ2) is 8.39. The predicted octanol–water partition coefficient (Wildman–Crippen LogP) is 4.25. The smallest absolute Gasteiger partial charge is 0.300 e. The number of benzene rings is 2. The van der Waals surface area contributed by atoms with Crippen LogP contribution in [0.1, 0.15) is 24.2 Å². The number of aliphatic hydroxyl groups is 1. The number of pyridine rings is 1. The van der Waals surface area contributed by atoms with Crippen molar-refractivity contribution >= 4 is 23.1 Å². The number of nitrogens with zero attached hydrogens (tertiary/aromatic N) is 2. The molecule has 3 aromatic rings. The van der Waals surface area contributed by atoms with Gasteiger partial charge in [-0.3, -0.25) is 19.5 Å². The largest absolute Gasteiger partial charge is 0.507 e.